The molecule has 3 heteroatoms. The molecular weight excluding hydrogens is 238 g/mol. The summed E-state index contributed by atoms with van der Waals surface area (Å²) in [5.74, 6) is 1.65. The number of unbranched alkanes of at least 4 members (excludes halogenated alkanes) is 1. The maximum absolute atomic E-state index is 8.72. The van der Waals surface area contributed by atoms with Crippen molar-refractivity contribution in [3.8, 4) is 11.5 Å². The summed E-state index contributed by atoms with van der Waals surface area (Å²) in [6.45, 7) is 1.11. The predicted octanol–water partition coefficient (Wildman–Crippen LogP) is 3.66. The summed E-state index contributed by atoms with van der Waals surface area (Å²) < 4.78 is 5.77. The molecule has 19 heavy (non-hydrogen) atoms. The Morgan fingerprint density at radius 2 is 1.68 bits per heavy atom. The maximum Gasteiger partial charge on any atom is 0.129 e. The van der Waals surface area contributed by atoms with Gasteiger partial charge < -0.3 is 15.2 Å². The lowest BCUT2D eigenvalue weighted by atomic mass is 10.2. The fraction of sp³-hybridized carbons (Fsp3) is 0.250. The molecule has 0 unspecified atom stereocenters. The van der Waals surface area contributed by atoms with Crippen LogP contribution in [0.3, 0.4) is 0 Å². The third-order valence-electron chi connectivity index (χ3n) is 2.73. The van der Waals surface area contributed by atoms with E-state index in [2.05, 4.69) is 5.32 Å². The Labute approximate surface area is 113 Å². The van der Waals surface area contributed by atoms with Crippen molar-refractivity contribution in [1.82, 2.24) is 0 Å². The minimum Gasteiger partial charge on any atom is -0.457 e. The van der Waals surface area contributed by atoms with E-state index < -0.39 is 0 Å². The van der Waals surface area contributed by atoms with Gasteiger partial charge in [0.05, 0.1) is 0 Å². The molecule has 0 heterocycles. The van der Waals surface area contributed by atoms with Gasteiger partial charge in [0.1, 0.15) is 11.5 Å². The van der Waals surface area contributed by atoms with E-state index in [9.17, 15) is 0 Å². The first-order valence-electron chi connectivity index (χ1n) is 6.56. The van der Waals surface area contributed by atoms with Crippen LogP contribution in [-0.2, 0) is 0 Å². The summed E-state index contributed by atoms with van der Waals surface area (Å²) in [4.78, 5) is 0. The van der Waals surface area contributed by atoms with E-state index >= 15 is 0 Å². The third-order valence-corrected chi connectivity index (χ3v) is 2.73. The smallest absolute Gasteiger partial charge is 0.129 e. The molecule has 0 bridgehead atoms. The van der Waals surface area contributed by atoms with Gasteiger partial charge in [-0.25, -0.2) is 0 Å². The van der Waals surface area contributed by atoms with Crippen LogP contribution in [-0.4, -0.2) is 18.3 Å². The topological polar surface area (TPSA) is 41.5 Å². The van der Waals surface area contributed by atoms with Gasteiger partial charge in [0.2, 0.25) is 0 Å². The summed E-state index contributed by atoms with van der Waals surface area (Å²) in [7, 11) is 0. The van der Waals surface area contributed by atoms with Crippen molar-refractivity contribution in [1.29, 1.82) is 0 Å². The van der Waals surface area contributed by atoms with Crippen molar-refractivity contribution < 1.29 is 9.84 Å². The molecule has 2 aromatic carbocycles. The van der Waals surface area contributed by atoms with Gasteiger partial charge in [-0.15, -0.1) is 0 Å². The van der Waals surface area contributed by atoms with Gasteiger partial charge >= 0.3 is 0 Å². The highest BCUT2D eigenvalue weighted by atomic mass is 16.5. The second kappa shape index (κ2) is 7.44. The zero-order valence-electron chi connectivity index (χ0n) is 10.9. The minimum absolute atomic E-state index is 0.249. The first-order valence-corrected chi connectivity index (χ1v) is 6.56. The van der Waals surface area contributed by atoms with E-state index in [1.165, 1.54) is 0 Å². The third kappa shape index (κ3) is 4.64. The van der Waals surface area contributed by atoms with Crippen molar-refractivity contribution in [3.63, 3.8) is 0 Å². The minimum atomic E-state index is 0.249. The van der Waals surface area contributed by atoms with Crippen LogP contribution >= 0.6 is 0 Å². The number of hydrogen-bond acceptors (Lipinski definition) is 3. The van der Waals surface area contributed by atoms with Crippen molar-refractivity contribution in [2.75, 3.05) is 18.5 Å². The number of rotatable bonds is 7. The van der Waals surface area contributed by atoms with Gasteiger partial charge in [0.15, 0.2) is 0 Å². The van der Waals surface area contributed by atoms with Crippen LogP contribution in [0.1, 0.15) is 12.8 Å². The van der Waals surface area contributed by atoms with Gasteiger partial charge in [0, 0.05) is 24.9 Å². The molecule has 0 amide bonds. The monoisotopic (exact) mass is 257 g/mol. The van der Waals surface area contributed by atoms with E-state index in [1.54, 1.807) is 0 Å². The van der Waals surface area contributed by atoms with Gasteiger partial charge in [-0.3, -0.25) is 0 Å². The number of aliphatic hydroxyl groups is 1. The maximum atomic E-state index is 8.72. The zero-order valence-corrected chi connectivity index (χ0v) is 10.9. The SMILES string of the molecule is OCCCCNc1cccc(Oc2ccccc2)c1. The number of aliphatic hydroxyl groups excluding tert-OH is 1. The first kappa shape index (κ1) is 13.4. The standard InChI is InChI=1S/C16H19NO2/c18-12-5-4-11-17-14-7-6-10-16(13-14)19-15-8-2-1-3-9-15/h1-3,6-10,13,17-18H,4-5,11-12H2. The van der Waals surface area contributed by atoms with Crippen LogP contribution in [0.25, 0.3) is 0 Å². The first-order chi connectivity index (χ1) is 9.38. The van der Waals surface area contributed by atoms with E-state index in [0.717, 1.165) is 36.6 Å². The Morgan fingerprint density at radius 1 is 0.895 bits per heavy atom. The molecule has 0 spiro atoms. The second-order valence-corrected chi connectivity index (χ2v) is 4.30. The van der Waals surface area contributed by atoms with E-state index in [-0.39, 0.29) is 6.61 Å². The van der Waals surface area contributed by atoms with Crippen LogP contribution in [0.5, 0.6) is 11.5 Å². The summed E-state index contributed by atoms with van der Waals surface area (Å²) in [5, 5.41) is 12.0. The Morgan fingerprint density at radius 3 is 2.47 bits per heavy atom. The van der Waals surface area contributed by atoms with Gasteiger partial charge in [-0.05, 0) is 37.1 Å². The van der Waals surface area contributed by atoms with Gasteiger partial charge in [0.25, 0.3) is 0 Å². The Bertz CT molecular complexity index is 485. The Kier molecular flexibility index (Phi) is 5.26. The largest absolute Gasteiger partial charge is 0.457 e. The molecule has 0 saturated heterocycles. The van der Waals surface area contributed by atoms with Crippen molar-refractivity contribution in [3.05, 3.63) is 54.6 Å². The van der Waals surface area contributed by atoms with E-state index in [0.29, 0.717) is 0 Å². The Balaban J connectivity index is 1.91. The second-order valence-electron chi connectivity index (χ2n) is 4.30. The summed E-state index contributed by atoms with van der Waals surface area (Å²) in [6, 6.07) is 17.6. The molecule has 2 aromatic rings. The van der Waals surface area contributed by atoms with Crippen LogP contribution in [0.15, 0.2) is 54.6 Å². The van der Waals surface area contributed by atoms with Crippen LogP contribution in [0.4, 0.5) is 5.69 Å². The summed E-state index contributed by atoms with van der Waals surface area (Å²) in [6.07, 6.45) is 1.79. The highest BCUT2D eigenvalue weighted by Gasteiger charge is 1.98. The number of hydrogen-bond donors (Lipinski definition) is 2. The van der Waals surface area contributed by atoms with Gasteiger partial charge in [-0.1, -0.05) is 24.3 Å². The molecule has 0 saturated carbocycles. The fourth-order valence-electron chi connectivity index (χ4n) is 1.76. The van der Waals surface area contributed by atoms with E-state index in [4.69, 9.17) is 9.84 Å². The predicted molar refractivity (Wildman–Crippen MR) is 77.8 cm³/mol. The molecule has 0 aromatic heterocycles. The molecule has 0 aliphatic heterocycles. The molecular formula is C16H19NO2. The van der Waals surface area contributed by atoms with Crippen molar-refractivity contribution in [2.24, 2.45) is 0 Å². The Hall–Kier alpha value is -2.00. The molecule has 3 nitrogen and oxygen atoms in total. The lowest BCUT2D eigenvalue weighted by Crippen LogP contribution is -2.02. The van der Waals surface area contributed by atoms with Crippen molar-refractivity contribution >= 4 is 5.69 Å². The average molecular weight is 257 g/mol. The van der Waals surface area contributed by atoms with Crippen LogP contribution in [0, 0.1) is 0 Å². The molecule has 0 atom stereocenters. The van der Waals surface area contributed by atoms with E-state index in [1.807, 2.05) is 54.6 Å². The number of para-hydroxylation sites is 1. The lowest BCUT2D eigenvalue weighted by Gasteiger charge is -2.09. The highest BCUT2D eigenvalue weighted by molar-refractivity contribution is 5.49. The van der Waals surface area contributed by atoms with Crippen LogP contribution in [0.2, 0.25) is 0 Å². The van der Waals surface area contributed by atoms with Gasteiger partial charge in [-0.2, -0.15) is 0 Å². The normalized spacial score (nSPS) is 10.2. The summed E-state index contributed by atoms with van der Waals surface area (Å²) >= 11 is 0. The number of benzene rings is 2. The molecule has 100 valence electrons. The highest BCUT2D eigenvalue weighted by Crippen LogP contribution is 2.23. The lowest BCUT2D eigenvalue weighted by molar-refractivity contribution is 0.286. The molecule has 0 radical (unpaired) electrons. The summed E-state index contributed by atoms with van der Waals surface area (Å²) in [5.41, 5.74) is 1.03. The number of ether oxygens (including phenoxy) is 1. The van der Waals surface area contributed by atoms with Crippen LogP contribution < -0.4 is 10.1 Å². The molecule has 0 aliphatic rings. The molecule has 2 rings (SSSR count). The quantitative estimate of drug-likeness (QED) is 0.744. The molecule has 2 N–H and O–H groups in total. The zero-order chi connectivity index (χ0) is 13.3. The number of nitrogens with one attached hydrogen (secondary N) is 1. The molecule has 0 aliphatic carbocycles. The fourth-order valence-corrected chi connectivity index (χ4v) is 1.76. The average Bonchev–Trinajstić information content (AvgIpc) is 2.45. The van der Waals surface area contributed by atoms with Crippen molar-refractivity contribution in [2.45, 2.75) is 12.8 Å². The molecule has 0 fully saturated rings. The number of anilines is 1.